The summed E-state index contributed by atoms with van der Waals surface area (Å²) >= 11 is 0. The summed E-state index contributed by atoms with van der Waals surface area (Å²) in [5, 5.41) is 9.31. The van der Waals surface area contributed by atoms with Crippen LogP contribution in [0, 0.1) is 10.8 Å². The van der Waals surface area contributed by atoms with E-state index in [1.165, 1.54) is 0 Å². The number of nitrogens with zero attached hydrogens (tertiary/aromatic N) is 1. The van der Waals surface area contributed by atoms with Gasteiger partial charge in [0.05, 0.1) is 5.41 Å². The SMILES string of the molecule is CCC1(C(=O)O)CCN(C(=O)CC(N)C(C)(C)C)C1. The van der Waals surface area contributed by atoms with Crippen LogP contribution in [0.2, 0.25) is 0 Å². The first-order valence-electron chi connectivity index (χ1n) is 6.89. The average molecular weight is 270 g/mol. The van der Waals surface area contributed by atoms with Gasteiger partial charge in [0, 0.05) is 25.6 Å². The Morgan fingerprint density at radius 2 is 2.00 bits per heavy atom. The van der Waals surface area contributed by atoms with E-state index < -0.39 is 11.4 Å². The zero-order valence-electron chi connectivity index (χ0n) is 12.4. The highest BCUT2D eigenvalue weighted by Gasteiger charge is 2.44. The molecule has 0 radical (unpaired) electrons. The quantitative estimate of drug-likeness (QED) is 0.810. The summed E-state index contributed by atoms with van der Waals surface area (Å²) in [7, 11) is 0. The van der Waals surface area contributed by atoms with Crippen molar-refractivity contribution in [3.8, 4) is 0 Å². The molecule has 0 spiro atoms. The highest BCUT2D eigenvalue weighted by atomic mass is 16.4. The van der Waals surface area contributed by atoms with Crippen LogP contribution in [-0.4, -0.2) is 41.0 Å². The lowest BCUT2D eigenvalue weighted by Gasteiger charge is -2.29. The van der Waals surface area contributed by atoms with E-state index in [2.05, 4.69) is 0 Å². The molecule has 0 aromatic carbocycles. The standard InChI is InChI=1S/C14H26N2O3/c1-5-14(12(18)19)6-7-16(9-14)11(17)8-10(15)13(2,3)4/h10H,5-9,15H2,1-4H3,(H,18,19). The summed E-state index contributed by atoms with van der Waals surface area (Å²) in [5.74, 6) is -0.829. The van der Waals surface area contributed by atoms with E-state index in [1.807, 2.05) is 27.7 Å². The first kappa shape index (κ1) is 16.0. The van der Waals surface area contributed by atoms with Crippen LogP contribution in [0.4, 0.5) is 0 Å². The summed E-state index contributed by atoms with van der Waals surface area (Å²) in [6.45, 7) is 8.71. The number of aliphatic carboxylic acids is 1. The number of carbonyl (C=O) groups excluding carboxylic acids is 1. The molecule has 1 aliphatic heterocycles. The second-order valence-corrected chi connectivity index (χ2v) is 6.68. The molecule has 19 heavy (non-hydrogen) atoms. The molecule has 0 saturated carbocycles. The summed E-state index contributed by atoms with van der Waals surface area (Å²) < 4.78 is 0. The molecular formula is C14H26N2O3. The fourth-order valence-corrected chi connectivity index (χ4v) is 2.32. The van der Waals surface area contributed by atoms with Crippen LogP contribution in [0.25, 0.3) is 0 Å². The van der Waals surface area contributed by atoms with Gasteiger partial charge in [-0.15, -0.1) is 0 Å². The molecule has 1 heterocycles. The van der Waals surface area contributed by atoms with E-state index in [0.29, 0.717) is 25.9 Å². The third-order valence-electron chi connectivity index (χ3n) is 4.34. The van der Waals surface area contributed by atoms with Crippen LogP contribution in [0.1, 0.15) is 47.0 Å². The van der Waals surface area contributed by atoms with Crippen LogP contribution >= 0.6 is 0 Å². The van der Waals surface area contributed by atoms with Crippen molar-refractivity contribution in [2.24, 2.45) is 16.6 Å². The second kappa shape index (κ2) is 5.49. The number of carbonyl (C=O) groups is 2. The number of likely N-dealkylation sites (tertiary alicyclic amines) is 1. The Morgan fingerprint density at radius 3 is 2.37 bits per heavy atom. The normalized spacial score (nSPS) is 25.4. The maximum atomic E-state index is 12.2. The summed E-state index contributed by atoms with van der Waals surface area (Å²) in [5.41, 5.74) is 5.13. The van der Waals surface area contributed by atoms with Crippen molar-refractivity contribution >= 4 is 11.9 Å². The third kappa shape index (κ3) is 3.47. The highest BCUT2D eigenvalue weighted by molar-refractivity contribution is 5.81. The van der Waals surface area contributed by atoms with E-state index >= 15 is 0 Å². The van der Waals surface area contributed by atoms with E-state index in [-0.39, 0.29) is 23.8 Å². The molecule has 0 aromatic rings. The van der Waals surface area contributed by atoms with Crippen molar-refractivity contribution in [3.05, 3.63) is 0 Å². The van der Waals surface area contributed by atoms with Gasteiger partial charge in [-0.2, -0.15) is 0 Å². The maximum Gasteiger partial charge on any atom is 0.311 e. The fraction of sp³-hybridized carbons (Fsp3) is 0.857. The van der Waals surface area contributed by atoms with Gasteiger partial charge in [-0.25, -0.2) is 0 Å². The fourth-order valence-electron chi connectivity index (χ4n) is 2.32. The smallest absolute Gasteiger partial charge is 0.311 e. The highest BCUT2D eigenvalue weighted by Crippen LogP contribution is 2.34. The van der Waals surface area contributed by atoms with Crippen LogP contribution in [0.15, 0.2) is 0 Å². The molecule has 3 N–H and O–H groups in total. The Morgan fingerprint density at radius 1 is 1.42 bits per heavy atom. The zero-order valence-corrected chi connectivity index (χ0v) is 12.4. The van der Waals surface area contributed by atoms with Gasteiger partial charge in [0.25, 0.3) is 0 Å². The van der Waals surface area contributed by atoms with Gasteiger partial charge < -0.3 is 15.7 Å². The van der Waals surface area contributed by atoms with Gasteiger partial charge in [0.15, 0.2) is 0 Å². The molecule has 110 valence electrons. The predicted octanol–water partition coefficient (Wildman–Crippen LogP) is 1.46. The number of amides is 1. The van der Waals surface area contributed by atoms with E-state index in [4.69, 9.17) is 5.73 Å². The van der Waals surface area contributed by atoms with E-state index in [1.54, 1.807) is 4.90 Å². The number of carboxylic acid groups (broad SMARTS) is 1. The van der Waals surface area contributed by atoms with Gasteiger partial charge >= 0.3 is 5.97 Å². The van der Waals surface area contributed by atoms with Crippen LogP contribution in [-0.2, 0) is 9.59 Å². The number of rotatable bonds is 4. The number of hydrogen-bond acceptors (Lipinski definition) is 3. The van der Waals surface area contributed by atoms with Gasteiger partial charge in [0.1, 0.15) is 0 Å². The summed E-state index contributed by atoms with van der Waals surface area (Å²) in [6, 6.07) is -0.207. The zero-order chi connectivity index (χ0) is 14.8. The van der Waals surface area contributed by atoms with Crippen molar-refractivity contribution in [2.75, 3.05) is 13.1 Å². The molecule has 0 bridgehead atoms. The van der Waals surface area contributed by atoms with Crippen LogP contribution in [0.5, 0.6) is 0 Å². The Kier molecular flexibility index (Phi) is 4.61. The van der Waals surface area contributed by atoms with Gasteiger partial charge in [-0.05, 0) is 18.3 Å². The van der Waals surface area contributed by atoms with Crippen molar-refractivity contribution in [1.29, 1.82) is 0 Å². The molecule has 0 aromatic heterocycles. The molecule has 1 rings (SSSR count). The average Bonchev–Trinajstić information content (AvgIpc) is 2.73. The molecule has 0 aliphatic carbocycles. The van der Waals surface area contributed by atoms with Gasteiger partial charge in [-0.3, -0.25) is 9.59 Å². The minimum Gasteiger partial charge on any atom is -0.481 e. The van der Waals surface area contributed by atoms with Crippen molar-refractivity contribution in [3.63, 3.8) is 0 Å². The minimum absolute atomic E-state index is 0.0287. The first-order chi connectivity index (χ1) is 8.62. The van der Waals surface area contributed by atoms with Crippen LogP contribution < -0.4 is 5.73 Å². The molecule has 5 nitrogen and oxygen atoms in total. The summed E-state index contributed by atoms with van der Waals surface area (Å²) in [6.07, 6.45) is 1.37. The van der Waals surface area contributed by atoms with E-state index in [0.717, 1.165) is 0 Å². The molecule has 1 saturated heterocycles. The lowest BCUT2D eigenvalue weighted by atomic mass is 9.84. The number of hydrogen-bond donors (Lipinski definition) is 2. The number of carboxylic acids is 1. The molecule has 1 aliphatic rings. The third-order valence-corrected chi connectivity index (χ3v) is 4.34. The molecule has 2 unspecified atom stereocenters. The molecule has 1 amide bonds. The Labute approximate surface area is 115 Å². The van der Waals surface area contributed by atoms with Crippen LogP contribution in [0.3, 0.4) is 0 Å². The number of nitrogens with two attached hydrogens (primary N) is 1. The Hall–Kier alpha value is -1.10. The lowest BCUT2D eigenvalue weighted by Crippen LogP contribution is -2.42. The minimum atomic E-state index is -0.801. The monoisotopic (exact) mass is 270 g/mol. The largest absolute Gasteiger partial charge is 0.481 e. The Bertz CT molecular complexity index is 362. The van der Waals surface area contributed by atoms with Crippen molar-refractivity contribution in [2.45, 2.75) is 53.0 Å². The maximum absolute atomic E-state index is 12.2. The molecule has 1 fully saturated rings. The van der Waals surface area contributed by atoms with Gasteiger partial charge in [-0.1, -0.05) is 27.7 Å². The lowest BCUT2D eigenvalue weighted by molar-refractivity contribution is -0.148. The van der Waals surface area contributed by atoms with E-state index in [9.17, 15) is 14.7 Å². The Balaban J connectivity index is 2.65. The first-order valence-corrected chi connectivity index (χ1v) is 6.89. The molecule has 2 atom stereocenters. The topological polar surface area (TPSA) is 83.6 Å². The van der Waals surface area contributed by atoms with Gasteiger partial charge in [0.2, 0.25) is 5.91 Å². The van der Waals surface area contributed by atoms with Crippen molar-refractivity contribution in [1.82, 2.24) is 4.90 Å². The predicted molar refractivity (Wildman–Crippen MR) is 73.6 cm³/mol. The van der Waals surface area contributed by atoms with Crippen molar-refractivity contribution < 1.29 is 14.7 Å². The molecular weight excluding hydrogens is 244 g/mol. The second-order valence-electron chi connectivity index (χ2n) is 6.68. The summed E-state index contributed by atoms with van der Waals surface area (Å²) in [4.78, 5) is 25.2. The molecule has 5 heteroatoms.